The van der Waals surface area contributed by atoms with Crippen molar-refractivity contribution in [3.63, 3.8) is 0 Å². The first-order valence-corrected chi connectivity index (χ1v) is 6.66. The van der Waals surface area contributed by atoms with Crippen LogP contribution in [-0.4, -0.2) is 30.6 Å². The molecule has 0 aromatic heterocycles. The maximum Gasteiger partial charge on any atom is 0.387 e. The average Bonchev–Trinajstić information content (AvgIpc) is 2.40. The number of alkyl halides is 2. The molecule has 1 aromatic carbocycles. The Bertz CT molecular complexity index is 468. The van der Waals surface area contributed by atoms with E-state index in [0.29, 0.717) is 19.0 Å². The third-order valence-electron chi connectivity index (χ3n) is 3.29. The number of urea groups is 1. The van der Waals surface area contributed by atoms with Gasteiger partial charge in [0, 0.05) is 13.1 Å². The summed E-state index contributed by atoms with van der Waals surface area (Å²) in [7, 11) is 0. The van der Waals surface area contributed by atoms with Crippen molar-refractivity contribution in [2.45, 2.75) is 26.4 Å². The van der Waals surface area contributed by atoms with E-state index in [4.69, 9.17) is 0 Å². The average molecular weight is 284 g/mol. The van der Waals surface area contributed by atoms with E-state index in [9.17, 15) is 13.6 Å². The van der Waals surface area contributed by atoms with Crippen LogP contribution in [0.15, 0.2) is 24.3 Å². The first-order chi connectivity index (χ1) is 9.56. The van der Waals surface area contributed by atoms with E-state index < -0.39 is 6.61 Å². The Morgan fingerprint density at radius 3 is 2.90 bits per heavy atom. The van der Waals surface area contributed by atoms with Crippen LogP contribution in [0.2, 0.25) is 0 Å². The van der Waals surface area contributed by atoms with Crippen LogP contribution in [0.1, 0.15) is 19.8 Å². The van der Waals surface area contributed by atoms with E-state index in [1.165, 1.54) is 6.07 Å². The quantitative estimate of drug-likeness (QED) is 0.922. The molecule has 6 heteroatoms. The van der Waals surface area contributed by atoms with Crippen molar-refractivity contribution in [1.82, 2.24) is 4.90 Å². The number of rotatable bonds is 3. The molecule has 20 heavy (non-hydrogen) atoms. The van der Waals surface area contributed by atoms with Crippen LogP contribution in [-0.2, 0) is 0 Å². The molecule has 2 amide bonds. The molecule has 0 aliphatic carbocycles. The first-order valence-electron chi connectivity index (χ1n) is 6.66. The molecule has 1 N–H and O–H groups in total. The number of hydrogen-bond acceptors (Lipinski definition) is 2. The number of amides is 2. The first kappa shape index (κ1) is 14.6. The molecule has 110 valence electrons. The highest BCUT2D eigenvalue weighted by Crippen LogP contribution is 2.26. The van der Waals surface area contributed by atoms with Crippen molar-refractivity contribution in [3.8, 4) is 5.75 Å². The minimum absolute atomic E-state index is 0.0269. The second-order valence-corrected chi connectivity index (χ2v) is 5.00. The fraction of sp³-hybridized carbons (Fsp3) is 0.500. The summed E-state index contributed by atoms with van der Waals surface area (Å²) in [6, 6.07) is 5.91. The van der Waals surface area contributed by atoms with Gasteiger partial charge in [0.1, 0.15) is 5.75 Å². The van der Waals surface area contributed by atoms with Crippen LogP contribution in [0, 0.1) is 5.92 Å². The van der Waals surface area contributed by atoms with Gasteiger partial charge in [-0.2, -0.15) is 8.78 Å². The number of para-hydroxylation sites is 2. The highest BCUT2D eigenvalue weighted by atomic mass is 19.3. The highest BCUT2D eigenvalue weighted by Gasteiger charge is 2.21. The van der Waals surface area contributed by atoms with E-state index in [0.717, 1.165) is 12.8 Å². The molecular formula is C14H18F2N2O2. The summed E-state index contributed by atoms with van der Waals surface area (Å²) in [6.07, 6.45) is 2.07. The fourth-order valence-corrected chi connectivity index (χ4v) is 2.34. The van der Waals surface area contributed by atoms with E-state index in [1.54, 1.807) is 23.1 Å². The summed E-state index contributed by atoms with van der Waals surface area (Å²) < 4.78 is 29.0. The number of likely N-dealkylation sites (tertiary alicyclic amines) is 1. The Balaban J connectivity index is 2.03. The van der Waals surface area contributed by atoms with E-state index in [-0.39, 0.29) is 17.5 Å². The summed E-state index contributed by atoms with van der Waals surface area (Å²) in [4.78, 5) is 13.8. The lowest BCUT2D eigenvalue weighted by Gasteiger charge is -2.31. The van der Waals surface area contributed by atoms with Crippen LogP contribution in [0.3, 0.4) is 0 Å². The molecule has 0 bridgehead atoms. The zero-order chi connectivity index (χ0) is 14.5. The van der Waals surface area contributed by atoms with E-state index in [2.05, 4.69) is 17.0 Å². The maximum absolute atomic E-state index is 12.3. The zero-order valence-corrected chi connectivity index (χ0v) is 11.3. The van der Waals surface area contributed by atoms with Gasteiger partial charge in [-0.1, -0.05) is 19.1 Å². The van der Waals surface area contributed by atoms with E-state index >= 15 is 0 Å². The summed E-state index contributed by atoms with van der Waals surface area (Å²) in [5.41, 5.74) is 0.260. The number of nitrogens with zero attached hydrogens (tertiary/aromatic N) is 1. The lowest BCUT2D eigenvalue weighted by Crippen LogP contribution is -2.41. The Morgan fingerprint density at radius 2 is 2.20 bits per heavy atom. The SMILES string of the molecule is C[C@H]1CCCN(C(=O)Nc2ccccc2OC(F)F)C1. The summed E-state index contributed by atoms with van der Waals surface area (Å²) in [6.45, 7) is 0.550. The lowest BCUT2D eigenvalue weighted by molar-refractivity contribution is -0.0493. The molecule has 2 rings (SSSR count). The van der Waals surface area contributed by atoms with E-state index in [1.807, 2.05) is 0 Å². The number of halogens is 2. The van der Waals surface area contributed by atoms with Crippen LogP contribution in [0.5, 0.6) is 5.75 Å². The minimum Gasteiger partial charge on any atom is -0.433 e. The molecule has 1 atom stereocenters. The van der Waals surface area contributed by atoms with Crippen molar-refractivity contribution < 1.29 is 18.3 Å². The number of hydrogen-bond donors (Lipinski definition) is 1. The predicted molar refractivity (Wildman–Crippen MR) is 72.1 cm³/mol. The van der Waals surface area contributed by atoms with Gasteiger partial charge < -0.3 is 15.0 Å². The molecular weight excluding hydrogens is 266 g/mol. The molecule has 1 fully saturated rings. The normalized spacial score (nSPS) is 19.0. The van der Waals surface area contributed by atoms with Gasteiger partial charge in [-0.15, -0.1) is 0 Å². The highest BCUT2D eigenvalue weighted by molar-refractivity contribution is 5.91. The molecule has 0 saturated carbocycles. The summed E-state index contributed by atoms with van der Waals surface area (Å²) in [5, 5.41) is 2.63. The molecule has 1 aliphatic heterocycles. The van der Waals surface area contributed by atoms with Gasteiger partial charge in [0.15, 0.2) is 0 Å². The van der Waals surface area contributed by atoms with Gasteiger partial charge in [-0.05, 0) is 30.9 Å². The second kappa shape index (κ2) is 6.54. The van der Waals surface area contributed by atoms with Gasteiger partial charge in [-0.3, -0.25) is 0 Å². The number of benzene rings is 1. The van der Waals surface area contributed by atoms with Gasteiger partial charge in [0.05, 0.1) is 5.69 Å². The van der Waals surface area contributed by atoms with Crippen molar-refractivity contribution in [2.75, 3.05) is 18.4 Å². The van der Waals surface area contributed by atoms with Crippen molar-refractivity contribution >= 4 is 11.7 Å². The van der Waals surface area contributed by atoms with Gasteiger partial charge >= 0.3 is 12.6 Å². The van der Waals surface area contributed by atoms with Crippen LogP contribution in [0.25, 0.3) is 0 Å². The number of anilines is 1. The van der Waals surface area contributed by atoms with Gasteiger partial charge in [-0.25, -0.2) is 4.79 Å². The summed E-state index contributed by atoms with van der Waals surface area (Å²) in [5.74, 6) is 0.433. The largest absolute Gasteiger partial charge is 0.433 e. The monoisotopic (exact) mass is 284 g/mol. The second-order valence-electron chi connectivity index (χ2n) is 5.00. The number of nitrogens with one attached hydrogen (secondary N) is 1. The number of carbonyl (C=O) groups is 1. The van der Waals surface area contributed by atoms with Crippen LogP contribution in [0.4, 0.5) is 19.3 Å². The third-order valence-corrected chi connectivity index (χ3v) is 3.29. The molecule has 1 aliphatic rings. The van der Waals surface area contributed by atoms with Crippen LogP contribution < -0.4 is 10.1 Å². The summed E-state index contributed by atoms with van der Waals surface area (Å²) >= 11 is 0. The number of piperidine rings is 1. The van der Waals surface area contributed by atoms with Gasteiger partial charge in [0.25, 0.3) is 0 Å². The molecule has 0 unspecified atom stereocenters. The molecule has 4 nitrogen and oxygen atoms in total. The Hall–Kier alpha value is -1.85. The molecule has 1 saturated heterocycles. The molecule has 1 aromatic rings. The predicted octanol–water partition coefficient (Wildman–Crippen LogP) is 3.55. The van der Waals surface area contributed by atoms with Crippen molar-refractivity contribution in [1.29, 1.82) is 0 Å². The molecule has 0 spiro atoms. The fourth-order valence-electron chi connectivity index (χ4n) is 2.34. The Kier molecular flexibility index (Phi) is 4.76. The maximum atomic E-state index is 12.3. The Labute approximate surface area is 116 Å². The lowest BCUT2D eigenvalue weighted by atomic mass is 10.0. The molecule has 1 heterocycles. The Morgan fingerprint density at radius 1 is 1.45 bits per heavy atom. The smallest absolute Gasteiger partial charge is 0.387 e. The minimum atomic E-state index is -2.91. The van der Waals surface area contributed by atoms with Crippen molar-refractivity contribution in [3.05, 3.63) is 24.3 Å². The number of ether oxygens (including phenoxy) is 1. The van der Waals surface area contributed by atoms with Gasteiger partial charge in [0.2, 0.25) is 0 Å². The topological polar surface area (TPSA) is 41.6 Å². The van der Waals surface area contributed by atoms with Crippen LogP contribution >= 0.6 is 0 Å². The third kappa shape index (κ3) is 3.82. The zero-order valence-electron chi connectivity index (χ0n) is 11.3. The standard InChI is InChI=1S/C14H18F2N2O2/c1-10-5-4-8-18(9-10)14(19)17-11-6-2-3-7-12(11)20-13(15)16/h2-3,6-7,10,13H,4-5,8-9H2,1H3,(H,17,19)/t10-/m0/s1. The number of carbonyl (C=O) groups excluding carboxylic acids is 1. The molecule has 0 radical (unpaired) electrons. The van der Waals surface area contributed by atoms with Crippen molar-refractivity contribution in [2.24, 2.45) is 5.92 Å².